The third-order valence-electron chi connectivity index (χ3n) is 4.49. The first-order chi connectivity index (χ1) is 9.98. The Morgan fingerprint density at radius 2 is 2.10 bits per heavy atom. The summed E-state index contributed by atoms with van der Waals surface area (Å²) in [5.41, 5.74) is 0. The van der Waals surface area contributed by atoms with Crippen LogP contribution in [0.25, 0.3) is 0 Å². The van der Waals surface area contributed by atoms with Gasteiger partial charge in [-0.1, -0.05) is 41.8 Å². The van der Waals surface area contributed by atoms with Crippen molar-refractivity contribution >= 4 is 25.8 Å². The fourth-order valence-electron chi connectivity index (χ4n) is 3.37. The van der Waals surface area contributed by atoms with E-state index < -0.39 is 9.84 Å². The van der Waals surface area contributed by atoms with E-state index in [9.17, 15) is 8.42 Å². The van der Waals surface area contributed by atoms with Gasteiger partial charge in [-0.2, -0.15) is 0 Å². The molecule has 2 rings (SSSR count). The normalized spacial score (nSPS) is 26.7. The van der Waals surface area contributed by atoms with Crippen LogP contribution in [0.3, 0.4) is 0 Å². The highest BCUT2D eigenvalue weighted by atomic mass is 79.9. The second-order valence-corrected chi connectivity index (χ2v) is 8.99. The topological polar surface area (TPSA) is 46.2 Å². The van der Waals surface area contributed by atoms with Crippen LogP contribution in [0.1, 0.15) is 39.0 Å². The molecule has 1 saturated carbocycles. The lowest BCUT2D eigenvalue weighted by atomic mass is 9.83. The molecule has 0 aromatic heterocycles. The molecule has 5 heteroatoms. The quantitative estimate of drug-likeness (QED) is 0.853. The average Bonchev–Trinajstić information content (AvgIpc) is 2.47. The highest BCUT2D eigenvalue weighted by molar-refractivity contribution is 9.10. The van der Waals surface area contributed by atoms with Gasteiger partial charge < -0.3 is 5.32 Å². The van der Waals surface area contributed by atoms with Gasteiger partial charge in [0.25, 0.3) is 0 Å². The molecule has 0 bridgehead atoms. The van der Waals surface area contributed by atoms with Gasteiger partial charge in [-0.15, -0.1) is 0 Å². The van der Waals surface area contributed by atoms with Crippen LogP contribution in [0, 0.1) is 5.92 Å². The number of benzene rings is 1. The lowest BCUT2D eigenvalue weighted by molar-refractivity contribution is 0.288. The molecular weight excluding hydrogens is 350 g/mol. The summed E-state index contributed by atoms with van der Waals surface area (Å²) in [6.45, 7) is 2.17. The summed E-state index contributed by atoms with van der Waals surface area (Å²) in [5.74, 6) is 0.534. The Kier molecular flexibility index (Phi) is 5.86. The number of halogens is 1. The first kappa shape index (κ1) is 17.0. The Hall–Kier alpha value is -0.390. The van der Waals surface area contributed by atoms with Crippen molar-refractivity contribution in [1.29, 1.82) is 0 Å². The predicted molar refractivity (Wildman–Crippen MR) is 90.2 cm³/mol. The molecule has 1 aliphatic rings. The highest BCUT2D eigenvalue weighted by Crippen LogP contribution is 2.35. The average molecular weight is 374 g/mol. The summed E-state index contributed by atoms with van der Waals surface area (Å²) >= 11 is 3.37. The standard InChI is InChI=1S/C16H24BrNO2S/c1-3-5-12-8-9-15(18-2)16(10-12)21(19,20)14-7-4-6-13(17)11-14/h4,6-7,11-12,15-16,18H,3,5,8-10H2,1-2H3. The van der Waals surface area contributed by atoms with E-state index in [1.807, 2.05) is 13.1 Å². The number of hydrogen-bond acceptors (Lipinski definition) is 3. The lowest BCUT2D eigenvalue weighted by Crippen LogP contribution is -2.46. The fourth-order valence-corrected chi connectivity index (χ4v) is 6.06. The first-order valence-electron chi connectivity index (χ1n) is 7.65. The molecule has 1 aromatic carbocycles. The van der Waals surface area contributed by atoms with Gasteiger partial charge in [-0.05, 0) is 50.4 Å². The van der Waals surface area contributed by atoms with Crippen LogP contribution >= 0.6 is 15.9 Å². The maximum absolute atomic E-state index is 13.0. The smallest absolute Gasteiger partial charge is 0.182 e. The summed E-state index contributed by atoms with van der Waals surface area (Å²) in [6, 6.07) is 7.12. The van der Waals surface area contributed by atoms with Crippen LogP contribution in [0.5, 0.6) is 0 Å². The van der Waals surface area contributed by atoms with Crippen molar-refractivity contribution in [2.75, 3.05) is 7.05 Å². The Morgan fingerprint density at radius 1 is 1.33 bits per heavy atom. The van der Waals surface area contributed by atoms with Crippen LogP contribution < -0.4 is 5.32 Å². The molecule has 1 aliphatic carbocycles. The second kappa shape index (κ2) is 7.25. The minimum Gasteiger partial charge on any atom is -0.316 e. The van der Waals surface area contributed by atoms with Crippen molar-refractivity contribution in [2.45, 2.75) is 55.2 Å². The minimum absolute atomic E-state index is 0.0575. The van der Waals surface area contributed by atoms with Gasteiger partial charge >= 0.3 is 0 Å². The van der Waals surface area contributed by atoms with Gasteiger partial charge in [0.05, 0.1) is 10.1 Å². The zero-order chi connectivity index (χ0) is 15.5. The fraction of sp³-hybridized carbons (Fsp3) is 0.625. The zero-order valence-electron chi connectivity index (χ0n) is 12.7. The third-order valence-corrected chi connectivity index (χ3v) is 7.21. The van der Waals surface area contributed by atoms with Crippen molar-refractivity contribution < 1.29 is 8.42 Å². The molecule has 0 radical (unpaired) electrons. The Bertz CT molecular complexity index is 573. The van der Waals surface area contributed by atoms with Crippen LogP contribution in [-0.4, -0.2) is 26.8 Å². The van der Waals surface area contributed by atoms with Crippen LogP contribution in [-0.2, 0) is 9.84 Å². The van der Waals surface area contributed by atoms with Gasteiger partial charge in [-0.25, -0.2) is 8.42 Å². The first-order valence-corrected chi connectivity index (χ1v) is 9.99. The number of hydrogen-bond donors (Lipinski definition) is 1. The Morgan fingerprint density at radius 3 is 2.71 bits per heavy atom. The number of rotatable bonds is 5. The third kappa shape index (κ3) is 3.88. The molecule has 0 heterocycles. The zero-order valence-corrected chi connectivity index (χ0v) is 15.1. The van der Waals surface area contributed by atoms with Crippen LogP contribution in [0.4, 0.5) is 0 Å². The van der Waals surface area contributed by atoms with Gasteiger partial charge in [0.1, 0.15) is 0 Å². The van der Waals surface area contributed by atoms with E-state index in [0.717, 1.165) is 36.6 Å². The summed E-state index contributed by atoms with van der Waals surface area (Å²) in [5, 5.41) is 2.90. The van der Waals surface area contributed by atoms with Crippen molar-refractivity contribution in [3.8, 4) is 0 Å². The predicted octanol–water partition coefficient (Wildman–Crippen LogP) is 3.78. The number of nitrogens with one attached hydrogen (secondary N) is 1. The largest absolute Gasteiger partial charge is 0.316 e. The molecule has 1 N–H and O–H groups in total. The summed E-state index contributed by atoms with van der Waals surface area (Å²) in [7, 11) is -1.42. The van der Waals surface area contributed by atoms with Crippen LogP contribution in [0.2, 0.25) is 0 Å². The molecule has 0 spiro atoms. The Labute approximate surface area is 136 Å². The second-order valence-electron chi connectivity index (χ2n) is 5.90. The van der Waals surface area contributed by atoms with Crippen molar-refractivity contribution in [3.05, 3.63) is 28.7 Å². The molecule has 1 fully saturated rings. The van der Waals surface area contributed by atoms with E-state index in [4.69, 9.17) is 0 Å². The molecule has 0 aliphatic heterocycles. The van der Waals surface area contributed by atoms with Crippen LogP contribution in [0.15, 0.2) is 33.6 Å². The SMILES string of the molecule is CCCC1CCC(NC)C(S(=O)(=O)c2cccc(Br)c2)C1. The highest BCUT2D eigenvalue weighted by Gasteiger charge is 2.38. The lowest BCUT2D eigenvalue weighted by Gasteiger charge is -2.35. The van der Waals surface area contributed by atoms with Gasteiger partial charge in [-0.3, -0.25) is 0 Å². The molecule has 118 valence electrons. The molecule has 3 unspecified atom stereocenters. The van der Waals surface area contributed by atoms with E-state index in [2.05, 4.69) is 28.2 Å². The molecule has 3 atom stereocenters. The van der Waals surface area contributed by atoms with Gasteiger partial charge in [0.15, 0.2) is 9.84 Å². The van der Waals surface area contributed by atoms with Crippen molar-refractivity contribution in [3.63, 3.8) is 0 Å². The minimum atomic E-state index is -3.29. The summed E-state index contributed by atoms with van der Waals surface area (Å²) in [4.78, 5) is 0.430. The van der Waals surface area contributed by atoms with E-state index in [1.54, 1.807) is 18.2 Å². The molecule has 1 aromatic rings. The van der Waals surface area contributed by atoms with E-state index >= 15 is 0 Å². The molecule has 0 amide bonds. The Balaban J connectivity index is 2.30. The van der Waals surface area contributed by atoms with E-state index in [0.29, 0.717) is 10.8 Å². The molecule has 21 heavy (non-hydrogen) atoms. The summed E-state index contributed by atoms with van der Waals surface area (Å²) < 4.78 is 26.8. The summed E-state index contributed by atoms with van der Waals surface area (Å²) in [6.07, 6.45) is 5.09. The number of sulfone groups is 1. The van der Waals surface area contributed by atoms with Crippen molar-refractivity contribution in [1.82, 2.24) is 5.32 Å². The maximum atomic E-state index is 13.0. The van der Waals surface area contributed by atoms with Gasteiger partial charge in [0.2, 0.25) is 0 Å². The molecule has 3 nitrogen and oxygen atoms in total. The van der Waals surface area contributed by atoms with E-state index in [1.165, 1.54) is 0 Å². The maximum Gasteiger partial charge on any atom is 0.182 e. The van der Waals surface area contributed by atoms with Gasteiger partial charge in [0, 0.05) is 10.5 Å². The molecule has 0 saturated heterocycles. The van der Waals surface area contributed by atoms with Crippen molar-refractivity contribution in [2.24, 2.45) is 5.92 Å². The van der Waals surface area contributed by atoms with E-state index in [-0.39, 0.29) is 11.3 Å². The monoisotopic (exact) mass is 373 g/mol. The molecular formula is C16H24BrNO2S.